The number of anilines is 2. The summed E-state index contributed by atoms with van der Waals surface area (Å²) in [6.45, 7) is 0.463. The molecule has 0 aliphatic carbocycles. The minimum Gasteiger partial charge on any atom is -0.348 e. The number of carbonyl (C=O) groups excluding carboxylic acids is 1. The Morgan fingerprint density at radius 1 is 0.958 bits per heavy atom. The van der Waals surface area contributed by atoms with Crippen LogP contribution in [0.3, 0.4) is 0 Å². The Morgan fingerprint density at radius 2 is 1.62 bits per heavy atom. The average Bonchev–Trinajstić information content (AvgIpc) is 2.63. The van der Waals surface area contributed by atoms with Gasteiger partial charge in [0.25, 0.3) is 5.91 Å². The zero-order valence-corrected chi connectivity index (χ0v) is 13.5. The molecule has 0 fully saturated rings. The van der Waals surface area contributed by atoms with E-state index in [1.54, 1.807) is 12.1 Å². The van der Waals surface area contributed by atoms with Crippen LogP contribution in [0.5, 0.6) is 0 Å². The van der Waals surface area contributed by atoms with Gasteiger partial charge >= 0.3 is 0 Å². The van der Waals surface area contributed by atoms with E-state index >= 15 is 0 Å². The molecule has 120 valence electrons. The maximum absolute atomic E-state index is 12.1. The van der Waals surface area contributed by atoms with E-state index in [4.69, 9.17) is 11.6 Å². The van der Waals surface area contributed by atoms with Crippen LogP contribution in [-0.4, -0.2) is 15.9 Å². The second kappa shape index (κ2) is 7.57. The number of aromatic nitrogens is 2. The van der Waals surface area contributed by atoms with Crippen molar-refractivity contribution in [2.45, 2.75) is 6.54 Å². The molecule has 1 amide bonds. The van der Waals surface area contributed by atoms with E-state index in [-0.39, 0.29) is 5.91 Å². The first-order valence-electron chi connectivity index (χ1n) is 7.37. The summed E-state index contributed by atoms with van der Waals surface area (Å²) < 4.78 is 0. The van der Waals surface area contributed by atoms with Crippen LogP contribution in [0.15, 0.2) is 67.0 Å². The molecule has 3 rings (SSSR count). The summed E-state index contributed by atoms with van der Waals surface area (Å²) in [5.41, 5.74) is 2.26. The molecular weight excluding hydrogens is 324 g/mol. The van der Waals surface area contributed by atoms with Crippen molar-refractivity contribution in [2.75, 3.05) is 5.32 Å². The monoisotopic (exact) mass is 338 g/mol. The predicted octanol–water partition coefficient (Wildman–Crippen LogP) is 3.80. The minimum atomic E-state index is -0.211. The van der Waals surface area contributed by atoms with Gasteiger partial charge in [-0.15, -0.1) is 0 Å². The molecule has 0 aliphatic rings. The minimum absolute atomic E-state index is 0.211. The quantitative estimate of drug-likeness (QED) is 0.742. The summed E-state index contributed by atoms with van der Waals surface area (Å²) in [5.74, 6) is 0.203. The Bertz CT molecular complexity index is 805. The van der Waals surface area contributed by atoms with Gasteiger partial charge in [0.2, 0.25) is 5.95 Å². The third-order valence-corrected chi connectivity index (χ3v) is 3.56. The van der Waals surface area contributed by atoms with Crippen molar-refractivity contribution in [3.8, 4) is 0 Å². The van der Waals surface area contributed by atoms with Crippen molar-refractivity contribution in [2.24, 2.45) is 0 Å². The van der Waals surface area contributed by atoms with Crippen LogP contribution in [0.2, 0.25) is 5.02 Å². The van der Waals surface area contributed by atoms with E-state index in [9.17, 15) is 4.79 Å². The van der Waals surface area contributed by atoms with Crippen LogP contribution in [0.4, 0.5) is 11.6 Å². The zero-order chi connectivity index (χ0) is 16.8. The molecule has 0 aliphatic heterocycles. The topological polar surface area (TPSA) is 66.9 Å². The molecule has 2 aromatic carbocycles. The summed E-state index contributed by atoms with van der Waals surface area (Å²) in [6.07, 6.45) is 2.98. The van der Waals surface area contributed by atoms with Gasteiger partial charge in [0.1, 0.15) is 0 Å². The third kappa shape index (κ3) is 4.30. The first kappa shape index (κ1) is 16.0. The van der Waals surface area contributed by atoms with Gasteiger partial charge in [-0.2, -0.15) is 0 Å². The van der Waals surface area contributed by atoms with Crippen molar-refractivity contribution in [1.29, 1.82) is 0 Å². The summed E-state index contributed by atoms with van der Waals surface area (Å²) in [7, 11) is 0. The second-order valence-corrected chi connectivity index (χ2v) is 5.53. The number of carbonyl (C=O) groups is 1. The van der Waals surface area contributed by atoms with Crippen LogP contribution < -0.4 is 10.6 Å². The lowest BCUT2D eigenvalue weighted by molar-refractivity contribution is 0.0950. The summed E-state index contributed by atoms with van der Waals surface area (Å²) >= 11 is 5.84. The van der Waals surface area contributed by atoms with Crippen molar-refractivity contribution in [1.82, 2.24) is 15.3 Å². The van der Waals surface area contributed by atoms with E-state index in [0.29, 0.717) is 23.1 Å². The predicted molar refractivity (Wildman–Crippen MR) is 94.4 cm³/mol. The SMILES string of the molecule is O=C(NCc1ccccc1)c1cnc(Nc2ccc(Cl)cc2)nc1. The molecule has 0 saturated heterocycles. The Morgan fingerprint density at radius 3 is 2.29 bits per heavy atom. The Kier molecular flexibility index (Phi) is 5.03. The maximum atomic E-state index is 12.1. The van der Waals surface area contributed by atoms with Crippen LogP contribution in [0.1, 0.15) is 15.9 Å². The Balaban J connectivity index is 1.59. The third-order valence-electron chi connectivity index (χ3n) is 3.31. The van der Waals surface area contributed by atoms with Gasteiger partial charge in [0.15, 0.2) is 0 Å². The number of hydrogen-bond acceptors (Lipinski definition) is 4. The Hall–Kier alpha value is -2.92. The lowest BCUT2D eigenvalue weighted by atomic mass is 10.2. The highest BCUT2D eigenvalue weighted by atomic mass is 35.5. The van der Waals surface area contributed by atoms with Crippen LogP contribution in [0.25, 0.3) is 0 Å². The summed E-state index contributed by atoms with van der Waals surface area (Å²) in [5, 5.41) is 6.54. The molecule has 0 radical (unpaired) electrons. The van der Waals surface area contributed by atoms with Crippen molar-refractivity contribution in [3.63, 3.8) is 0 Å². The first-order valence-corrected chi connectivity index (χ1v) is 7.75. The second-order valence-electron chi connectivity index (χ2n) is 5.10. The zero-order valence-electron chi connectivity index (χ0n) is 12.7. The van der Waals surface area contributed by atoms with Crippen LogP contribution >= 0.6 is 11.6 Å². The van der Waals surface area contributed by atoms with E-state index in [0.717, 1.165) is 11.3 Å². The molecule has 1 aromatic heterocycles. The normalized spacial score (nSPS) is 10.2. The molecule has 6 heteroatoms. The maximum Gasteiger partial charge on any atom is 0.254 e. The molecule has 1 heterocycles. The van der Waals surface area contributed by atoms with E-state index in [1.807, 2.05) is 42.5 Å². The van der Waals surface area contributed by atoms with E-state index < -0.39 is 0 Å². The van der Waals surface area contributed by atoms with Gasteiger partial charge in [-0.3, -0.25) is 4.79 Å². The van der Waals surface area contributed by atoms with Crippen molar-refractivity contribution >= 4 is 29.1 Å². The number of rotatable bonds is 5. The number of benzene rings is 2. The molecule has 0 atom stereocenters. The van der Waals surface area contributed by atoms with Crippen molar-refractivity contribution < 1.29 is 4.79 Å². The van der Waals surface area contributed by atoms with Gasteiger partial charge < -0.3 is 10.6 Å². The number of hydrogen-bond donors (Lipinski definition) is 2. The van der Waals surface area contributed by atoms with Gasteiger partial charge in [0.05, 0.1) is 5.56 Å². The molecule has 0 unspecified atom stereocenters. The molecule has 0 spiro atoms. The van der Waals surface area contributed by atoms with Gasteiger partial charge in [-0.25, -0.2) is 9.97 Å². The molecule has 3 aromatic rings. The fourth-order valence-electron chi connectivity index (χ4n) is 2.05. The van der Waals surface area contributed by atoms with Gasteiger partial charge in [0, 0.05) is 29.6 Å². The number of nitrogens with zero attached hydrogens (tertiary/aromatic N) is 2. The molecule has 5 nitrogen and oxygen atoms in total. The highest BCUT2D eigenvalue weighted by Crippen LogP contribution is 2.16. The standard InChI is InChI=1S/C18H15ClN4O/c19-15-6-8-16(9-7-15)23-18-21-11-14(12-22-18)17(24)20-10-13-4-2-1-3-5-13/h1-9,11-12H,10H2,(H,20,24)(H,21,22,23). The largest absolute Gasteiger partial charge is 0.348 e. The van der Waals surface area contributed by atoms with Gasteiger partial charge in [-0.1, -0.05) is 41.9 Å². The van der Waals surface area contributed by atoms with E-state index in [1.165, 1.54) is 12.4 Å². The fraction of sp³-hybridized carbons (Fsp3) is 0.0556. The highest BCUT2D eigenvalue weighted by Gasteiger charge is 2.07. The number of amides is 1. The summed E-state index contributed by atoms with van der Waals surface area (Å²) in [6, 6.07) is 16.9. The lowest BCUT2D eigenvalue weighted by Gasteiger charge is -2.07. The molecule has 24 heavy (non-hydrogen) atoms. The molecule has 0 bridgehead atoms. The number of nitrogens with one attached hydrogen (secondary N) is 2. The molecular formula is C18H15ClN4O. The van der Waals surface area contributed by atoms with Crippen LogP contribution in [-0.2, 0) is 6.54 Å². The molecule has 2 N–H and O–H groups in total. The van der Waals surface area contributed by atoms with E-state index in [2.05, 4.69) is 20.6 Å². The Labute approximate surface area is 144 Å². The van der Waals surface area contributed by atoms with Gasteiger partial charge in [-0.05, 0) is 29.8 Å². The lowest BCUT2D eigenvalue weighted by Crippen LogP contribution is -2.23. The fourth-order valence-corrected chi connectivity index (χ4v) is 2.18. The smallest absolute Gasteiger partial charge is 0.254 e. The average molecular weight is 339 g/mol. The summed E-state index contributed by atoms with van der Waals surface area (Å²) in [4.78, 5) is 20.4. The molecule has 0 saturated carbocycles. The first-order chi connectivity index (χ1) is 11.7. The number of halogens is 1. The van der Waals surface area contributed by atoms with Crippen molar-refractivity contribution in [3.05, 3.63) is 83.1 Å². The van der Waals surface area contributed by atoms with Crippen LogP contribution in [0, 0.1) is 0 Å². The highest BCUT2D eigenvalue weighted by molar-refractivity contribution is 6.30.